The van der Waals surface area contributed by atoms with Crippen LogP contribution in [0.4, 0.5) is 13.6 Å². The molecule has 5 N–H and O–H groups in total. The first-order chi connectivity index (χ1) is 12.6. The van der Waals surface area contributed by atoms with Gasteiger partial charge in [-0.15, -0.1) is 0 Å². The highest BCUT2D eigenvalue weighted by molar-refractivity contribution is 5.81. The molecular weight excluding hydrogens is 360 g/mol. The molecular formula is C18H27F2N3O4. The number of halogens is 2. The van der Waals surface area contributed by atoms with Crippen molar-refractivity contribution in [3.05, 3.63) is 35.4 Å². The monoisotopic (exact) mass is 387 g/mol. The lowest BCUT2D eigenvalue weighted by Gasteiger charge is -2.25. The second-order valence-electron chi connectivity index (χ2n) is 6.87. The van der Waals surface area contributed by atoms with Gasteiger partial charge in [-0.05, 0) is 37.0 Å². The van der Waals surface area contributed by atoms with E-state index in [0.717, 1.165) is 12.1 Å². The molecule has 152 valence electrons. The van der Waals surface area contributed by atoms with Crippen LogP contribution in [0.2, 0.25) is 0 Å². The van der Waals surface area contributed by atoms with E-state index >= 15 is 0 Å². The second kappa shape index (κ2) is 10.8. The van der Waals surface area contributed by atoms with E-state index in [4.69, 9.17) is 5.11 Å². The summed E-state index contributed by atoms with van der Waals surface area (Å²) in [6, 6.07) is 1.24. The van der Waals surface area contributed by atoms with Crippen LogP contribution in [0.5, 0.6) is 0 Å². The first-order valence-electron chi connectivity index (χ1n) is 8.72. The minimum atomic E-state index is -1.38. The quantitative estimate of drug-likeness (QED) is 0.415. The molecule has 0 radical (unpaired) electrons. The van der Waals surface area contributed by atoms with E-state index < -0.39 is 35.9 Å². The summed E-state index contributed by atoms with van der Waals surface area (Å²) < 4.78 is 26.6. The first-order valence-corrected chi connectivity index (χ1v) is 8.72. The zero-order valence-corrected chi connectivity index (χ0v) is 15.6. The number of nitrogens with one attached hydrogen (secondary N) is 3. The minimum absolute atomic E-state index is 0.0843. The van der Waals surface area contributed by atoms with Gasteiger partial charge >= 0.3 is 6.09 Å². The van der Waals surface area contributed by atoms with Crippen LogP contribution in [-0.4, -0.2) is 53.5 Å². The predicted molar refractivity (Wildman–Crippen MR) is 96.3 cm³/mol. The van der Waals surface area contributed by atoms with Crippen LogP contribution < -0.4 is 16.0 Å². The van der Waals surface area contributed by atoms with E-state index in [-0.39, 0.29) is 24.4 Å². The lowest BCUT2D eigenvalue weighted by atomic mass is 10.0. The van der Waals surface area contributed by atoms with Crippen LogP contribution >= 0.6 is 0 Å². The molecule has 27 heavy (non-hydrogen) atoms. The van der Waals surface area contributed by atoms with Gasteiger partial charge in [-0.3, -0.25) is 4.79 Å². The van der Waals surface area contributed by atoms with Crippen molar-refractivity contribution in [2.75, 3.05) is 13.1 Å². The summed E-state index contributed by atoms with van der Waals surface area (Å²) in [6.45, 7) is 5.96. The largest absolute Gasteiger partial charge is 0.465 e. The van der Waals surface area contributed by atoms with Crippen molar-refractivity contribution in [3.63, 3.8) is 0 Å². The summed E-state index contributed by atoms with van der Waals surface area (Å²) in [5.74, 6) is -1.53. The highest BCUT2D eigenvalue weighted by atomic mass is 19.1. The fourth-order valence-corrected chi connectivity index (χ4v) is 2.41. The molecule has 0 heterocycles. The molecule has 0 bridgehead atoms. The average Bonchev–Trinajstić information content (AvgIpc) is 2.55. The molecule has 1 aromatic rings. The molecule has 0 aliphatic carbocycles. The predicted octanol–water partition coefficient (Wildman–Crippen LogP) is 1.25. The Kier molecular flexibility index (Phi) is 9.10. The Labute approximate surface area is 157 Å². The van der Waals surface area contributed by atoms with Gasteiger partial charge in [0, 0.05) is 19.2 Å². The summed E-state index contributed by atoms with van der Waals surface area (Å²) in [5.41, 5.74) is 0.202. The van der Waals surface area contributed by atoms with Gasteiger partial charge in [-0.1, -0.05) is 13.8 Å². The summed E-state index contributed by atoms with van der Waals surface area (Å²) >= 11 is 0. The van der Waals surface area contributed by atoms with E-state index in [2.05, 4.69) is 16.0 Å². The van der Waals surface area contributed by atoms with Crippen molar-refractivity contribution in [2.45, 2.75) is 45.4 Å². The number of carbonyl (C=O) groups excluding carboxylic acids is 1. The van der Waals surface area contributed by atoms with Gasteiger partial charge < -0.3 is 26.2 Å². The zero-order chi connectivity index (χ0) is 20.6. The van der Waals surface area contributed by atoms with Crippen molar-refractivity contribution in [3.8, 4) is 0 Å². The van der Waals surface area contributed by atoms with Crippen molar-refractivity contribution in [1.29, 1.82) is 0 Å². The Morgan fingerprint density at radius 2 is 1.67 bits per heavy atom. The van der Waals surface area contributed by atoms with Crippen LogP contribution in [0.25, 0.3) is 0 Å². The molecule has 1 rings (SSSR count). The highest BCUT2D eigenvalue weighted by Crippen LogP contribution is 2.12. The second-order valence-corrected chi connectivity index (χ2v) is 6.87. The first kappa shape index (κ1) is 22.8. The fraction of sp³-hybridized carbons (Fsp3) is 0.556. The molecule has 1 unspecified atom stereocenters. The molecule has 0 aliphatic heterocycles. The summed E-state index contributed by atoms with van der Waals surface area (Å²) in [7, 11) is 0. The number of carboxylic acid groups (broad SMARTS) is 1. The summed E-state index contributed by atoms with van der Waals surface area (Å²) in [6.07, 6.45) is -2.70. The Morgan fingerprint density at radius 3 is 2.19 bits per heavy atom. The van der Waals surface area contributed by atoms with Crippen molar-refractivity contribution < 1.29 is 28.6 Å². The van der Waals surface area contributed by atoms with Crippen molar-refractivity contribution >= 4 is 12.0 Å². The van der Waals surface area contributed by atoms with E-state index in [1.54, 1.807) is 6.92 Å². The number of aliphatic hydroxyl groups is 1. The van der Waals surface area contributed by atoms with E-state index in [9.17, 15) is 23.5 Å². The van der Waals surface area contributed by atoms with E-state index in [1.165, 1.54) is 0 Å². The zero-order valence-electron chi connectivity index (χ0n) is 15.6. The highest BCUT2D eigenvalue weighted by Gasteiger charge is 2.23. The van der Waals surface area contributed by atoms with Gasteiger partial charge in [0.15, 0.2) is 0 Å². The van der Waals surface area contributed by atoms with Gasteiger partial charge in [0.05, 0.1) is 18.2 Å². The molecule has 0 spiro atoms. The molecule has 7 nitrogen and oxygen atoms in total. The molecule has 1 aromatic carbocycles. The van der Waals surface area contributed by atoms with Gasteiger partial charge in [0.1, 0.15) is 11.6 Å². The van der Waals surface area contributed by atoms with Gasteiger partial charge in [0.25, 0.3) is 0 Å². The van der Waals surface area contributed by atoms with Crippen molar-refractivity contribution in [1.82, 2.24) is 16.0 Å². The summed E-state index contributed by atoms with van der Waals surface area (Å²) in [4.78, 5) is 22.9. The lowest BCUT2D eigenvalue weighted by molar-refractivity contribution is -0.123. The van der Waals surface area contributed by atoms with E-state index in [0.29, 0.717) is 18.5 Å². The Bertz CT molecular complexity index is 623. The third-order valence-corrected chi connectivity index (χ3v) is 3.86. The normalized spacial score (nSPS) is 14.5. The molecule has 0 saturated carbocycles. The Hall–Kier alpha value is -2.26. The van der Waals surface area contributed by atoms with Gasteiger partial charge in [-0.25, -0.2) is 13.6 Å². The topological polar surface area (TPSA) is 111 Å². The molecule has 2 amide bonds. The van der Waals surface area contributed by atoms with Crippen LogP contribution in [0.3, 0.4) is 0 Å². The number of amides is 2. The Balaban J connectivity index is 2.67. The number of benzene rings is 1. The molecule has 0 saturated heterocycles. The lowest BCUT2D eigenvalue weighted by Crippen LogP contribution is -2.51. The van der Waals surface area contributed by atoms with Gasteiger partial charge in [0.2, 0.25) is 5.91 Å². The van der Waals surface area contributed by atoms with Crippen LogP contribution in [0.1, 0.15) is 26.3 Å². The molecule has 0 aliphatic rings. The molecule has 0 aromatic heterocycles. The van der Waals surface area contributed by atoms with Crippen LogP contribution in [-0.2, 0) is 11.2 Å². The van der Waals surface area contributed by atoms with E-state index in [1.807, 2.05) is 13.8 Å². The number of rotatable bonds is 10. The standard InChI is InChI=1S/C18H27F2N3O4/c1-10(2)8-22-17(25)11(3)21-9-16(24)15(23-18(26)27)6-12-4-13(19)7-14(20)5-12/h4-5,7,10-11,15-16,21,23-24H,6,8-9H2,1-3H3,(H,22,25)(H,26,27)/t11?,15-,16+/m0/s1. The van der Waals surface area contributed by atoms with Crippen molar-refractivity contribution in [2.24, 2.45) is 5.92 Å². The maximum atomic E-state index is 13.3. The SMILES string of the molecule is CC(C)CNC(=O)C(C)NC[C@@H](O)[C@H](Cc1cc(F)cc(F)c1)NC(=O)O. The third kappa shape index (κ3) is 8.78. The number of hydrogen-bond acceptors (Lipinski definition) is 4. The number of aliphatic hydroxyl groups excluding tert-OH is 1. The molecule has 9 heteroatoms. The molecule has 3 atom stereocenters. The maximum absolute atomic E-state index is 13.3. The summed E-state index contributed by atoms with van der Waals surface area (Å²) in [5, 5.41) is 27.0. The number of carbonyl (C=O) groups is 2. The van der Waals surface area contributed by atoms with Gasteiger partial charge in [-0.2, -0.15) is 0 Å². The fourth-order valence-electron chi connectivity index (χ4n) is 2.41. The Morgan fingerprint density at radius 1 is 1.07 bits per heavy atom. The van der Waals surface area contributed by atoms with Crippen LogP contribution in [0, 0.1) is 17.6 Å². The average molecular weight is 387 g/mol. The minimum Gasteiger partial charge on any atom is -0.465 e. The van der Waals surface area contributed by atoms with Crippen LogP contribution in [0.15, 0.2) is 18.2 Å². The number of hydrogen-bond donors (Lipinski definition) is 5. The maximum Gasteiger partial charge on any atom is 0.404 e. The smallest absolute Gasteiger partial charge is 0.404 e. The molecule has 0 fully saturated rings. The third-order valence-electron chi connectivity index (χ3n) is 3.86.